The number of aromatic nitrogens is 2. The lowest BCUT2D eigenvalue weighted by Gasteiger charge is -2.22. The molecule has 3 rings (SSSR count). The lowest BCUT2D eigenvalue weighted by atomic mass is 10.1. The van der Waals surface area contributed by atoms with Crippen molar-refractivity contribution in [1.29, 1.82) is 0 Å². The van der Waals surface area contributed by atoms with Crippen LogP contribution in [0.3, 0.4) is 0 Å². The van der Waals surface area contributed by atoms with Crippen LogP contribution < -0.4 is 10.6 Å². The first-order chi connectivity index (χ1) is 11.2. The molecule has 1 aliphatic heterocycles. The van der Waals surface area contributed by atoms with Gasteiger partial charge in [0.2, 0.25) is 0 Å². The Labute approximate surface area is 133 Å². The van der Waals surface area contributed by atoms with E-state index in [0.29, 0.717) is 12.2 Å². The number of carbonyl (C=O) groups excluding carboxylic acids is 1. The predicted octanol–water partition coefficient (Wildman–Crippen LogP) is 3.24. The normalized spacial score (nSPS) is 17.7. The van der Waals surface area contributed by atoms with E-state index in [1.807, 2.05) is 0 Å². The van der Waals surface area contributed by atoms with E-state index < -0.39 is 11.8 Å². The maximum atomic E-state index is 13.5. The number of anilines is 2. The summed E-state index contributed by atoms with van der Waals surface area (Å²) in [5.41, 5.74) is 0.683. The van der Waals surface area contributed by atoms with E-state index >= 15 is 0 Å². The van der Waals surface area contributed by atoms with Crippen molar-refractivity contribution in [2.75, 3.05) is 17.2 Å². The largest absolute Gasteiger partial charge is 0.376 e. The second kappa shape index (κ2) is 7.23. The van der Waals surface area contributed by atoms with Crippen LogP contribution in [0.2, 0.25) is 0 Å². The van der Waals surface area contributed by atoms with Crippen molar-refractivity contribution in [3.8, 4) is 0 Å². The molecule has 1 aromatic heterocycles. The van der Waals surface area contributed by atoms with E-state index in [1.54, 1.807) is 29.2 Å². The Morgan fingerprint density at radius 3 is 3.00 bits per heavy atom. The summed E-state index contributed by atoms with van der Waals surface area (Å²) in [4.78, 5) is 11.9. The average molecular weight is 318 g/mol. The summed E-state index contributed by atoms with van der Waals surface area (Å²) in [6.07, 6.45) is 6.77. The Kier molecular flexibility index (Phi) is 4.87. The van der Waals surface area contributed by atoms with Crippen molar-refractivity contribution in [3.05, 3.63) is 42.5 Å². The first-order valence-corrected chi connectivity index (χ1v) is 7.67. The number of urea groups is 1. The molecule has 0 saturated carbocycles. The molecule has 7 heteroatoms. The number of benzene rings is 1. The Hall–Kier alpha value is -2.41. The van der Waals surface area contributed by atoms with Crippen LogP contribution in [0.25, 0.3) is 0 Å². The van der Waals surface area contributed by atoms with Gasteiger partial charge in [0, 0.05) is 12.8 Å². The number of para-hydroxylation sites is 1. The summed E-state index contributed by atoms with van der Waals surface area (Å²) in [5.74, 6) is -0.479. The summed E-state index contributed by atoms with van der Waals surface area (Å²) in [6, 6.07) is 5.50. The zero-order chi connectivity index (χ0) is 16.1. The number of nitrogens with zero attached hydrogens (tertiary/aromatic N) is 2. The van der Waals surface area contributed by atoms with Gasteiger partial charge in [-0.1, -0.05) is 12.1 Å². The SMILES string of the molecule is O=C(Nc1cnn(CC2CCCCO2)c1)Nc1ccccc1F. The third-order valence-corrected chi connectivity index (χ3v) is 3.68. The Balaban J connectivity index is 1.54. The van der Waals surface area contributed by atoms with Crippen LogP contribution in [-0.4, -0.2) is 28.5 Å². The number of ether oxygens (including phenoxy) is 1. The van der Waals surface area contributed by atoms with Crippen molar-refractivity contribution in [3.63, 3.8) is 0 Å². The molecule has 1 fully saturated rings. The molecule has 2 aromatic rings. The first-order valence-electron chi connectivity index (χ1n) is 7.67. The molecule has 122 valence electrons. The molecule has 0 bridgehead atoms. The summed E-state index contributed by atoms with van der Waals surface area (Å²) in [5, 5.41) is 9.30. The molecule has 0 spiro atoms. The number of carbonyl (C=O) groups is 1. The van der Waals surface area contributed by atoms with Crippen molar-refractivity contribution >= 4 is 17.4 Å². The van der Waals surface area contributed by atoms with Crippen LogP contribution in [0.4, 0.5) is 20.6 Å². The van der Waals surface area contributed by atoms with Gasteiger partial charge in [0.15, 0.2) is 0 Å². The fraction of sp³-hybridized carbons (Fsp3) is 0.375. The fourth-order valence-corrected chi connectivity index (χ4v) is 2.54. The summed E-state index contributed by atoms with van der Waals surface area (Å²) in [6.45, 7) is 1.46. The highest BCUT2D eigenvalue weighted by atomic mass is 19.1. The lowest BCUT2D eigenvalue weighted by molar-refractivity contribution is 0.00401. The second-order valence-electron chi connectivity index (χ2n) is 5.50. The number of hydrogen-bond donors (Lipinski definition) is 2. The van der Waals surface area contributed by atoms with Crippen molar-refractivity contribution < 1.29 is 13.9 Å². The van der Waals surface area contributed by atoms with Gasteiger partial charge in [0.25, 0.3) is 0 Å². The molecule has 0 radical (unpaired) electrons. The van der Waals surface area contributed by atoms with E-state index in [4.69, 9.17) is 4.74 Å². The minimum atomic E-state index is -0.511. The van der Waals surface area contributed by atoms with Gasteiger partial charge < -0.3 is 15.4 Å². The van der Waals surface area contributed by atoms with Gasteiger partial charge in [-0.05, 0) is 31.4 Å². The number of rotatable bonds is 4. The van der Waals surface area contributed by atoms with Gasteiger partial charge in [-0.2, -0.15) is 5.10 Å². The maximum Gasteiger partial charge on any atom is 0.323 e. The molecular weight excluding hydrogens is 299 g/mol. The zero-order valence-corrected chi connectivity index (χ0v) is 12.7. The van der Waals surface area contributed by atoms with Crippen LogP contribution in [0.5, 0.6) is 0 Å². The highest BCUT2D eigenvalue weighted by Gasteiger charge is 2.15. The molecule has 1 unspecified atom stereocenters. The van der Waals surface area contributed by atoms with Crippen molar-refractivity contribution in [2.45, 2.75) is 31.9 Å². The van der Waals surface area contributed by atoms with Crippen LogP contribution in [0.15, 0.2) is 36.7 Å². The highest BCUT2D eigenvalue weighted by Crippen LogP contribution is 2.16. The van der Waals surface area contributed by atoms with E-state index in [-0.39, 0.29) is 11.8 Å². The first kappa shape index (κ1) is 15.5. The quantitative estimate of drug-likeness (QED) is 0.909. The Morgan fingerprint density at radius 1 is 1.35 bits per heavy atom. The number of hydrogen-bond acceptors (Lipinski definition) is 3. The summed E-state index contributed by atoms with van der Waals surface area (Å²) >= 11 is 0. The minimum Gasteiger partial charge on any atom is -0.376 e. The Morgan fingerprint density at radius 2 is 2.22 bits per heavy atom. The molecule has 2 N–H and O–H groups in total. The third-order valence-electron chi connectivity index (χ3n) is 3.68. The second-order valence-corrected chi connectivity index (χ2v) is 5.50. The van der Waals surface area contributed by atoms with E-state index in [9.17, 15) is 9.18 Å². The maximum absolute atomic E-state index is 13.5. The minimum absolute atomic E-state index is 0.132. The van der Waals surface area contributed by atoms with Gasteiger partial charge in [-0.15, -0.1) is 0 Å². The number of halogens is 1. The van der Waals surface area contributed by atoms with Gasteiger partial charge in [0.05, 0.1) is 30.2 Å². The van der Waals surface area contributed by atoms with Crippen molar-refractivity contribution in [2.24, 2.45) is 0 Å². The van der Waals surface area contributed by atoms with Crippen LogP contribution >= 0.6 is 0 Å². The molecular formula is C16H19FN4O2. The van der Waals surface area contributed by atoms with Crippen LogP contribution in [0.1, 0.15) is 19.3 Å². The molecule has 23 heavy (non-hydrogen) atoms. The number of amides is 2. The summed E-state index contributed by atoms with van der Waals surface area (Å²) in [7, 11) is 0. The van der Waals surface area contributed by atoms with E-state index in [1.165, 1.54) is 18.6 Å². The average Bonchev–Trinajstić information content (AvgIpc) is 2.97. The molecule has 2 heterocycles. The number of nitrogens with one attached hydrogen (secondary N) is 2. The zero-order valence-electron chi connectivity index (χ0n) is 12.7. The van der Waals surface area contributed by atoms with Crippen LogP contribution in [-0.2, 0) is 11.3 Å². The monoisotopic (exact) mass is 318 g/mol. The van der Waals surface area contributed by atoms with Crippen LogP contribution in [0, 0.1) is 5.82 Å². The lowest BCUT2D eigenvalue weighted by Crippen LogP contribution is -2.24. The molecule has 1 atom stereocenters. The van der Waals surface area contributed by atoms with Gasteiger partial charge in [-0.3, -0.25) is 4.68 Å². The third kappa shape index (κ3) is 4.29. The molecule has 2 amide bonds. The molecule has 1 aliphatic rings. The smallest absolute Gasteiger partial charge is 0.323 e. The van der Waals surface area contributed by atoms with E-state index in [2.05, 4.69) is 15.7 Å². The Bertz CT molecular complexity index is 668. The molecule has 6 nitrogen and oxygen atoms in total. The van der Waals surface area contributed by atoms with Gasteiger partial charge in [-0.25, -0.2) is 9.18 Å². The standard InChI is InChI=1S/C16H19FN4O2/c17-14-6-1-2-7-15(14)20-16(22)19-12-9-18-21(10-12)11-13-5-3-4-8-23-13/h1-2,6-7,9-10,13H,3-5,8,11H2,(H2,19,20,22). The van der Waals surface area contributed by atoms with Gasteiger partial charge >= 0.3 is 6.03 Å². The molecule has 1 aromatic carbocycles. The summed E-state index contributed by atoms with van der Waals surface area (Å²) < 4.78 is 20.9. The fourth-order valence-electron chi connectivity index (χ4n) is 2.54. The molecule has 1 saturated heterocycles. The van der Waals surface area contributed by atoms with E-state index in [0.717, 1.165) is 19.4 Å². The highest BCUT2D eigenvalue weighted by molar-refractivity contribution is 5.99. The molecule has 0 aliphatic carbocycles. The topological polar surface area (TPSA) is 68.2 Å². The van der Waals surface area contributed by atoms with Crippen molar-refractivity contribution in [1.82, 2.24) is 9.78 Å². The van der Waals surface area contributed by atoms with Gasteiger partial charge in [0.1, 0.15) is 5.82 Å². The predicted molar refractivity (Wildman–Crippen MR) is 84.9 cm³/mol.